The normalized spacial score (nSPS) is 14.5. The molecule has 0 aliphatic heterocycles. The molecule has 0 aliphatic carbocycles. The monoisotopic (exact) mass is 451 g/mol. The zero-order valence-corrected chi connectivity index (χ0v) is 23.7. The van der Waals surface area contributed by atoms with Crippen LogP contribution >= 0.6 is 0 Å². The number of hydrogen-bond donors (Lipinski definition) is 0. The van der Waals surface area contributed by atoms with Crippen molar-refractivity contribution in [3.05, 3.63) is 0 Å². The molecule has 0 aliphatic rings. The minimum absolute atomic E-state index is 0.946. The first-order valence-electron chi connectivity index (χ1n) is 15.6. The molecule has 0 amide bonds. The van der Waals surface area contributed by atoms with Crippen molar-refractivity contribution in [1.29, 1.82) is 0 Å². The summed E-state index contributed by atoms with van der Waals surface area (Å²) in [6, 6.07) is 0. The third-order valence-corrected chi connectivity index (χ3v) is 7.89. The smallest absolute Gasteiger partial charge is 0.0443 e. The van der Waals surface area contributed by atoms with Crippen LogP contribution in [0, 0.1) is 17.8 Å². The Hall–Kier alpha value is 0. The lowest BCUT2D eigenvalue weighted by atomic mass is 9.90. The van der Waals surface area contributed by atoms with Gasteiger partial charge in [-0.2, -0.15) is 0 Å². The average Bonchev–Trinajstić information content (AvgIpc) is 2.78. The maximum Gasteiger partial charge on any atom is -0.0443 e. The maximum atomic E-state index is 2.50. The summed E-state index contributed by atoms with van der Waals surface area (Å²) in [6.45, 7) is 12.1. The first-order chi connectivity index (χ1) is 15.6. The topological polar surface area (TPSA) is 0 Å². The van der Waals surface area contributed by atoms with Gasteiger partial charge in [-0.1, -0.05) is 189 Å². The molecule has 32 heavy (non-hydrogen) atoms. The molecule has 0 N–H and O–H groups in total. The lowest BCUT2D eigenvalue weighted by Crippen LogP contribution is -2.01. The lowest BCUT2D eigenvalue weighted by Gasteiger charge is -2.16. The number of rotatable bonds is 26. The summed E-state index contributed by atoms with van der Waals surface area (Å²) in [6.07, 6.45) is 35.1. The zero-order valence-electron chi connectivity index (χ0n) is 23.7. The molecular weight excluding hydrogens is 384 g/mol. The van der Waals surface area contributed by atoms with E-state index in [0.29, 0.717) is 0 Å². The van der Waals surface area contributed by atoms with E-state index in [0.717, 1.165) is 17.8 Å². The standard InChI is InChI=1S/C32H66/c1-6-8-10-11-12-13-14-15-16-17-18-19-20-21-25-31(4)27-23-29-32(5)28-22-26-30(3)24-9-7-2/h30-32H,6-29H2,1-5H3. The van der Waals surface area contributed by atoms with Gasteiger partial charge in [-0.25, -0.2) is 0 Å². The molecule has 0 saturated carbocycles. The third-order valence-electron chi connectivity index (χ3n) is 7.89. The van der Waals surface area contributed by atoms with Gasteiger partial charge >= 0.3 is 0 Å². The molecule has 0 bridgehead atoms. The second-order valence-corrected chi connectivity index (χ2v) is 11.7. The molecule has 0 heteroatoms. The minimum Gasteiger partial charge on any atom is -0.0654 e. The van der Waals surface area contributed by atoms with Crippen molar-refractivity contribution in [2.24, 2.45) is 17.8 Å². The van der Waals surface area contributed by atoms with Gasteiger partial charge in [0.25, 0.3) is 0 Å². The second kappa shape index (κ2) is 25.6. The quantitative estimate of drug-likeness (QED) is 0.115. The summed E-state index contributed by atoms with van der Waals surface area (Å²) in [5, 5.41) is 0. The van der Waals surface area contributed by atoms with Crippen LogP contribution in [0.15, 0.2) is 0 Å². The first kappa shape index (κ1) is 32.0. The predicted octanol–water partition coefficient (Wildman–Crippen LogP) is 12.3. The zero-order chi connectivity index (χ0) is 23.7. The summed E-state index contributed by atoms with van der Waals surface area (Å²) in [5.74, 6) is 2.85. The Balaban J connectivity index is 3.31. The summed E-state index contributed by atoms with van der Waals surface area (Å²) in [7, 11) is 0. The fraction of sp³-hybridized carbons (Fsp3) is 1.00. The number of hydrogen-bond acceptors (Lipinski definition) is 0. The maximum absolute atomic E-state index is 2.50. The van der Waals surface area contributed by atoms with Crippen molar-refractivity contribution in [2.75, 3.05) is 0 Å². The number of unbranched alkanes of at least 4 members (excludes halogenated alkanes) is 14. The molecule has 0 aromatic carbocycles. The molecule has 0 spiro atoms. The molecule has 0 rings (SSSR count). The molecule has 3 atom stereocenters. The summed E-state index contributed by atoms with van der Waals surface area (Å²) < 4.78 is 0. The van der Waals surface area contributed by atoms with Crippen molar-refractivity contribution in [3.63, 3.8) is 0 Å². The van der Waals surface area contributed by atoms with E-state index < -0.39 is 0 Å². The van der Waals surface area contributed by atoms with Crippen molar-refractivity contribution < 1.29 is 0 Å². The molecule has 0 nitrogen and oxygen atoms in total. The Morgan fingerprint density at radius 3 is 0.875 bits per heavy atom. The Bertz CT molecular complexity index is 333. The van der Waals surface area contributed by atoms with Gasteiger partial charge in [0.2, 0.25) is 0 Å². The van der Waals surface area contributed by atoms with E-state index in [-0.39, 0.29) is 0 Å². The van der Waals surface area contributed by atoms with E-state index in [9.17, 15) is 0 Å². The molecule has 0 aromatic heterocycles. The van der Waals surface area contributed by atoms with Gasteiger partial charge in [0, 0.05) is 0 Å². The fourth-order valence-corrected chi connectivity index (χ4v) is 5.30. The summed E-state index contributed by atoms with van der Waals surface area (Å²) in [4.78, 5) is 0. The van der Waals surface area contributed by atoms with Gasteiger partial charge < -0.3 is 0 Å². The van der Waals surface area contributed by atoms with E-state index in [1.807, 2.05) is 0 Å². The van der Waals surface area contributed by atoms with Gasteiger partial charge in [0.1, 0.15) is 0 Å². The van der Waals surface area contributed by atoms with Crippen molar-refractivity contribution in [2.45, 2.75) is 189 Å². The minimum atomic E-state index is 0.946. The van der Waals surface area contributed by atoms with Crippen LogP contribution in [0.25, 0.3) is 0 Å². The largest absolute Gasteiger partial charge is 0.0654 e. The Labute approximate surface area is 206 Å². The first-order valence-corrected chi connectivity index (χ1v) is 15.6. The third kappa shape index (κ3) is 24.6. The molecule has 3 unspecified atom stereocenters. The molecule has 0 aromatic rings. The molecular formula is C32H66. The van der Waals surface area contributed by atoms with Crippen LogP contribution in [0.1, 0.15) is 189 Å². The molecule has 0 heterocycles. The molecule has 0 radical (unpaired) electrons. The van der Waals surface area contributed by atoms with E-state index in [2.05, 4.69) is 34.6 Å². The SMILES string of the molecule is CCCCCCCCCCCCCCCCC(C)CCCC(C)CCCC(C)CCCC. The van der Waals surface area contributed by atoms with Crippen LogP contribution in [-0.2, 0) is 0 Å². The predicted molar refractivity (Wildman–Crippen MR) is 150 cm³/mol. The van der Waals surface area contributed by atoms with Crippen LogP contribution in [0.4, 0.5) is 0 Å². The molecule has 0 saturated heterocycles. The van der Waals surface area contributed by atoms with Gasteiger partial charge in [0.05, 0.1) is 0 Å². The Morgan fingerprint density at radius 1 is 0.281 bits per heavy atom. The van der Waals surface area contributed by atoms with E-state index in [4.69, 9.17) is 0 Å². The Morgan fingerprint density at radius 2 is 0.531 bits per heavy atom. The highest BCUT2D eigenvalue weighted by atomic mass is 14.1. The van der Waals surface area contributed by atoms with Crippen molar-refractivity contribution >= 4 is 0 Å². The summed E-state index contributed by atoms with van der Waals surface area (Å²) >= 11 is 0. The van der Waals surface area contributed by atoms with Crippen molar-refractivity contribution in [1.82, 2.24) is 0 Å². The second-order valence-electron chi connectivity index (χ2n) is 11.7. The Kier molecular flexibility index (Phi) is 25.6. The van der Waals surface area contributed by atoms with E-state index in [1.165, 1.54) is 154 Å². The highest BCUT2D eigenvalue weighted by molar-refractivity contribution is 4.61. The van der Waals surface area contributed by atoms with Crippen LogP contribution in [0.5, 0.6) is 0 Å². The van der Waals surface area contributed by atoms with Crippen molar-refractivity contribution in [3.8, 4) is 0 Å². The molecule has 0 fully saturated rings. The lowest BCUT2D eigenvalue weighted by molar-refractivity contribution is 0.375. The average molecular weight is 451 g/mol. The fourth-order valence-electron chi connectivity index (χ4n) is 5.30. The van der Waals surface area contributed by atoms with Crippen LogP contribution in [0.3, 0.4) is 0 Å². The van der Waals surface area contributed by atoms with Gasteiger partial charge in [-0.3, -0.25) is 0 Å². The van der Waals surface area contributed by atoms with Crippen LogP contribution < -0.4 is 0 Å². The van der Waals surface area contributed by atoms with E-state index >= 15 is 0 Å². The molecule has 194 valence electrons. The van der Waals surface area contributed by atoms with Gasteiger partial charge in [0.15, 0.2) is 0 Å². The van der Waals surface area contributed by atoms with Crippen LogP contribution in [-0.4, -0.2) is 0 Å². The van der Waals surface area contributed by atoms with Gasteiger partial charge in [-0.15, -0.1) is 0 Å². The summed E-state index contributed by atoms with van der Waals surface area (Å²) in [5.41, 5.74) is 0. The van der Waals surface area contributed by atoms with Crippen LogP contribution in [0.2, 0.25) is 0 Å². The van der Waals surface area contributed by atoms with Gasteiger partial charge in [-0.05, 0) is 17.8 Å². The van der Waals surface area contributed by atoms with E-state index in [1.54, 1.807) is 0 Å². The highest BCUT2D eigenvalue weighted by Gasteiger charge is 2.07. The highest BCUT2D eigenvalue weighted by Crippen LogP contribution is 2.23.